The minimum absolute atomic E-state index is 0.110. The van der Waals surface area contributed by atoms with Crippen molar-refractivity contribution in [3.05, 3.63) is 50.9 Å². The molecule has 1 heterocycles. The molecule has 0 aliphatic carbocycles. The van der Waals surface area contributed by atoms with Gasteiger partial charge in [-0.1, -0.05) is 0 Å². The van der Waals surface area contributed by atoms with E-state index in [2.05, 4.69) is 40.3 Å². The Hall–Kier alpha value is -1.68. The molecule has 3 nitrogen and oxygen atoms in total. The van der Waals surface area contributed by atoms with Crippen LogP contribution in [0.3, 0.4) is 0 Å². The van der Waals surface area contributed by atoms with Gasteiger partial charge in [0.2, 0.25) is 0 Å². The van der Waals surface area contributed by atoms with Crippen LogP contribution in [0.5, 0.6) is 0 Å². The molecule has 0 fully saturated rings. The number of nitrogens with zero attached hydrogens (tertiary/aromatic N) is 1. The summed E-state index contributed by atoms with van der Waals surface area (Å²) < 4.78 is 5.70. The third-order valence-electron chi connectivity index (χ3n) is 2.95. The molecule has 0 unspecified atom stereocenters. The summed E-state index contributed by atoms with van der Waals surface area (Å²) >= 11 is 1.67. The number of fused-ring (bicyclic) bond motifs is 1. The number of hydrogen-bond donors (Lipinski definition) is 0. The number of hydrogen-bond acceptors (Lipinski definition) is 3. The van der Waals surface area contributed by atoms with Crippen molar-refractivity contribution in [2.45, 2.75) is 6.92 Å². The van der Waals surface area contributed by atoms with Crippen LogP contribution in [0, 0.1) is 0 Å². The summed E-state index contributed by atoms with van der Waals surface area (Å²) in [6.45, 7) is 2.14. The van der Waals surface area contributed by atoms with E-state index in [-0.39, 0.29) is 14.5 Å². The first kappa shape index (κ1) is 14.3. The van der Waals surface area contributed by atoms with Crippen molar-refractivity contribution in [2.75, 3.05) is 6.61 Å². The van der Waals surface area contributed by atoms with E-state index in [1.165, 1.54) is 21.2 Å². The van der Waals surface area contributed by atoms with Gasteiger partial charge < -0.3 is 0 Å². The average Bonchev–Trinajstić information content (AvgIpc) is 2.95. The first-order valence-corrected chi connectivity index (χ1v) is 9.22. The van der Waals surface area contributed by atoms with Gasteiger partial charge in [-0.25, -0.2) is 0 Å². The second-order valence-electron chi connectivity index (χ2n) is 4.34. The molecule has 2 aromatic carbocycles. The standard InChI is InChI=1S/C16H13NO2SSe/c1-2-19-15(18)17-16-20-14(10-21-16)13-8-7-11-5-3-4-6-12(11)9-13/h3-10H,2H2,1H3/b17-16-. The van der Waals surface area contributed by atoms with E-state index >= 15 is 0 Å². The van der Waals surface area contributed by atoms with Crippen LogP contribution >= 0.6 is 11.3 Å². The zero-order valence-electron chi connectivity index (χ0n) is 11.4. The Morgan fingerprint density at radius 3 is 2.86 bits per heavy atom. The van der Waals surface area contributed by atoms with Gasteiger partial charge in [0.15, 0.2) is 0 Å². The van der Waals surface area contributed by atoms with Crippen LogP contribution in [0.15, 0.2) is 52.4 Å². The summed E-state index contributed by atoms with van der Waals surface area (Å²) in [5.41, 5.74) is 1.18. The SMILES string of the molecule is CCOC(=O)/N=c1/sc(-c2ccc3ccccc3c2)c[se]1. The van der Waals surface area contributed by atoms with E-state index in [4.69, 9.17) is 4.74 Å². The number of ether oxygens (including phenoxy) is 1. The number of benzene rings is 2. The normalized spacial score (nSPS) is 11.8. The predicted octanol–water partition coefficient (Wildman–Crippen LogP) is 3.68. The van der Waals surface area contributed by atoms with Crippen molar-refractivity contribution < 1.29 is 9.53 Å². The van der Waals surface area contributed by atoms with Crippen LogP contribution in [0.25, 0.3) is 21.2 Å². The maximum absolute atomic E-state index is 11.4. The van der Waals surface area contributed by atoms with Gasteiger partial charge in [-0.2, -0.15) is 0 Å². The quantitative estimate of drug-likeness (QED) is 0.653. The minimum atomic E-state index is -0.491. The van der Waals surface area contributed by atoms with E-state index in [1.807, 2.05) is 12.1 Å². The number of rotatable bonds is 2. The third kappa shape index (κ3) is 3.32. The van der Waals surface area contributed by atoms with Crippen molar-refractivity contribution in [2.24, 2.45) is 4.99 Å². The molecule has 21 heavy (non-hydrogen) atoms. The van der Waals surface area contributed by atoms with Gasteiger partial charge in [-0.05, 0) is 0 Å². The molecule has 0 aliphatic rings. The zero-order chi connectivity index (χ0) is 14.7. The van der Waals surface area contributed by atoms with Gasteiger partial charge >= 0.3 is 132 Å². The first-order chi connectivity index (χ1) is 10.3. The molecule has 0 bridgehead atoms. The molecule has 3 aromatic rings. The fourth-order valence-electron chi connectivity index (χ4n) is 2.00. The van der Waals surface area contributed by atoms with E-state index in [1.54, 1.807) is 18.3 Å². The average molecular weight is 362 g/mol. The van der Waals surface area contributed by atoms with Crippen molar-refractivity contribution >= 4 is 42.7 Å². The van der Waals surface area contributed by atoms with Gasteiger partial charge in [0.05, 0.1) is 0 Å². The summed E-state index contributed by atoms with van der Waals surface area (Å²) in [4.78, 5) is 18.7. The van der Waals surface area contributed by atoms with Crippen LogP contribution in [-0.4, -0.2) is 27.2 Å². The van der Waals surface area contributed by atoms with E-state index in [9.17, 15) is 4.79 Å². The van der Waals surface area contributed by atoms with Gasteiger partial charge in [-0.15, -0.1) is 0 Å². The maximum atomic E-state index is 11.4. The molecule has 0 aliphatic heterocycles. The molecule has 1 amide bonds. The summed E-state index contributed by atoms with van der Waals surface area (Å²) in [5, 5.41) is 2.45. The molecule has 0 spiro atoms. The van der Waals surface area contributed by atoms with E-state index in [0.29, 0.717) is 6.61 Å². The summed E-state index contributed by atoms with van der Waals surface area (Å²) in [7, 11) is 0. The topological polar surface area (TPSA) is 38.7 Å². The van der Waals surface area contributed by atoms with Crippen LogP contribution in [-0.2, 0) is 4.74 Å². The second kappa shape index (κ2) is 6.39. The van der Waals surface area contributed by atoms with Crippen LogP contribution in [0.1, 0.15) is 6.92 Å². The van der Waals surface area contributed by atoms with Gasteiger partial charge in [0.25, 0.3) is 0 Å². The van der Waals surface area contributed by atoms with E-state index in [0.717, 1.165) is 3.54 Å². The Bertz CT molecular complexity index is 850. The van der Waals surface area contributed by atoms with Gasteiger partial charge in [-0.3, -0.25) is 0 Å². The molecule has 0 N–H and O–H groups in total. The Balaban J connectivity index is 1.96. The zero-order valence-corrected chi connectivity index (χ0v) is 13.9. The predicted molar refractivity (Wildman–Crippen MR) is 86.8 cm³/mol. The monoisotopic (exact) mass is 363 g/mol. The molecular weight excluding hydrogens is 349 g/mol. The fraction of sp³-hybridized carbons (Fsp3) is 0.125. The molecule has 0 radical (unpaired) electrons. The summed E-state index contributed by atoms with van der Waals surface area (Å²) in [5.74, 6) is 0. The number of carbonyl (C=O) groups excluding carboxylic acids is 1. The molecule has 0 saturated carbocycles. The third-order valence-corrected chi connectivity index (χ3v) is 6.51. The Morgan fingerprint density at radius 1 is 1.24 bits per heavy atom. The van der Waals surface area contributed by atoms with Crippen LogP contribution in [0.4, 0.5) is 4.79 Å². The van der Waals surface area contributed by atoms with Gasteiger partial charge in [0.1, 0.15) is 0 Å². The molecule has 0 atom stereocenters. The van der Waals surface area contributed by atoms with Crippen LogP contribution in [0.2, 0.25) is 0 Å². The first-order valence-electron chi connectivity index (χ1n) is 6.55. The summed E-state index contributed by atoms with van der Waals surface area (Å²) in [6, 6.07) is 14.7. The molecule has 5 heteroatoms. The molecular formula is C16H13NO2SSe. The Labute approximate surface area is 132 Å². The Morgan fingerprint density at radius 2 is 2.05 bits per heavy atom. The number of carbonyl (C=O) groups is 1. The van der Waals surface area contributed by atoms with Crippen LogP contribution < -0.4 is 3.54 Å². The van der Waals surface area contributed by atoms with Crippen molar-refractivity contribution in [3.63, 3.8) is 0 Å². The molecule has 3 rings (SSSR count). The molecule has 106 valence electrons. The molecule has 0 saturated heterocycles. The second-order valence-corrected chi connectivity index (χ2v) is 7.75. The van der Waals surface area contributed by atoms with Crippen molar-refractivity contribution in [1.82, 2.24) is 0 Å². The molecule has 1 aromatic heterocycles. The summed E-state index contributed by atoms with van der Waals surface area (Å²) in [6.07, 6.45) is -0.491. The Kier molecular flexibility index (Phi) is 4.34. The number of amides is 1. The van der Waals surface area contributed by atoms with E-state index < -0.39 is 6.09 Å². The van der Waals surface area contributed by atoms with Crippen molar-refractivity contribution in [1.29, 1.82) is 0 Å². The van der Waals surface area contributed by atoms with Gasteiger partial charge in [0, 0.05) is 0 Å². The fourth-order valence-corrected chi connectivity index (χ4v) is 5.30. The van der Waals surface area contributed by atoms with Crippen molar-refractivity contribution in [3.8, 4) is 10.4 Å².